The van der Waals surface area contributed by atoms with E-state index in [2.05, 4.69) is 29.9 Å². The first-order valence-electron chi connectivity index (χ1n) is 12.1. The fourth-order valence-electron chi connectivity index (χ4n) is 4.78. The highest BCUT2D eigenvalue weighted by molar-refractivity contribution is 7.47. The molecule has 19 nitrogen and oxygen atoms in total. The van der Waals surface area contributed by atoms with E-state index in [9.17, 15) is 24.5 Å². The molecule has 0 aliphatic carbocycles. The third-order valence-corrected chi connectivity index (χ3v) is 7.71. The summed E-state index contributed by atoms with van der Waals surface area (Å²) < 4.78 is 52.3. The molecule has 2 saturated heterocycles. The number of nitrogen functional groups attached to an aromatic ring is 2. The molecule has 4 aromatic rings. The highest BCUT2D eigenvalue weighted by atomic mass is 31.2. The van der Waals surface area contributed by atoms with Crippen LogP contribution in [0.5, 0.6) is 0 Å². The number of aromatic amines is 1. The molecule has 41 heavy (non-hydrogen) atoms. The average Bonchev–Trinajstić information content (AvgIpc) is 3.69. The fourth-order valence-corrected chi connectivity index (χ4v) is 5.70. The van der Waals surface area contributed by atoms with E-state index in [0.29, 0.717) is 11.2 Å². The molecule has 220 valence electrons. The van der Waals surface area contributed by atoms with Crippen LogP contribution in [0.15, 0.2) is 23.8 Å². The molecule has 4 aromatic heterocycles. The van der Waals surface area contributed by atoms with E-state index in [1.807, 2.05) is 0 Å². The van der Waals surface area contributed by atoms with Crippen LogP contribution in [0, 0.1) is 0 Å². The van der Waals surface area contributed by atoms with Crippen molar-refractivity contribution in [3.63, 3.8) is 0 Å². The molecule has 0 amide bonds. The molecule has 2 aliphatic rings. The Morgan fingerprint density at radius 1 is 1.12 bits per heavy atom. The minimum atomic E-state index is -5.03. The van der Waals surface area contributed by atoms with Gasteiger partial charge in [0.1, 0.15) is 36.4 Å². The van der Waals surface area contributed by atoms with Gasteiger partial charge in [0.2, 0.25) is 5.95 Å². The molecule has 2 aliphatic heterocycles. The van der Waals surface area contributed by atoms with Crippen molar-refractivity contribution < 1.29 is 42.6 Å². The predicted molar refractivity (Wildman–Crippen MR) is 133 cm³/mol. The van der Waals surface area contributed by atoms with E-state index in [1.165, 1.54) is 17.2 Å². The summed E-state index contributed by atoms with van der Waals surface area (Å²) in [4.78, 5) is 44.9. The average molecular weight is 598 g/mol. The minimum absolute atomic E-state index is 0.0617. The number of aromatic nitrogens is 8. The van der Waals surface area contributed by atoms with Crippen LogP contribution in [0.25, 0.3) is 22.3 Å². The second kappa shape index (κ2) is 10.3. The summed E-state index contributed by atoms with van der Waals surface area (Å²) in [6.07, 6.45) is -6.03. The molecule has 2 fully saturated rings. The van der Waals surface area contributed by atoms with Gasteiger partial charge < -0.3 is 36.0 Å². The lowest BCUT2D eigenvalue weighted by Gasteiger charge is -2.24. The molecule has 0 aromatic carbocycles. The van der Waals surface area contributed by atoms with Gasteiger partial charge >= 0.3 is 7.82 Å². The highest BCUT2D eigenvalue weighted by Gasteiger charge is 2.51. The molecular weight excluding hydrogens is 574 g/mol. The molecule has 8 atom stereocenters. The Kier molecular flexibility index (Phi) is 6.94. The summed E-state index contributed by atoms with van der Waals surface area (Å²) >= 11 is 0. The number of alkyl halides is 1. The number of imidazole rings is 2. The van der Waals surface area contributed by atoms with Gasteiger partial charge in [-0.25, -0.2) is 28.9 Å². The standard InChI is InChI=1S/C20H24FN10O9P/c21-11-8(2-32)39-19(31-6-27-13-17(31)28-20(23)29-18(13)34)14(11)40-41(35,36)37-3-9-7(33)1-10(38-9)30-5-26-12-15(22)24-4-25-16(12)30/h4-11,14,19,32-33H,1-3H2,(H,35,36)(H2,22,24,25)(H3,23,28,29,34)/t7?,8-,9-,10-,11?,14+,19-/m1/s1. The SMILES string of the molecule is Nc1nc2c(ncn2[C@@H]2O[C@H](CO)C(F)[C@@H]2OP(=O)(O)OC[C@H]2O[C@@H](n3cnc4c(N)ncnc43)CC2O)c(=O)[nH]1. The zero-order valence-corrected chi connectivity index (χ0v) is 21.7. The van der Waals surface area contributed by atoms with E-state index in [0.717, 1.165) is 10.9 Å². The fraction of sp³-hybridized carbons (Fsp3) is 0.500. The van der Waals surface area contributed by atoms with E-state index in [1.54, 1.807) is 0 Å². The van der Waals surface area contributed by atoms with Gasteiger partial charge in [-0.2, -0.15) is 4.98 Å². The summed E-state index contributed by atoms with van der Waals surface area (Å²) in [5.74, 6) is -0.108. The van der Waals surface area contributed by atoms with Crippen molar-refractivity contribution in [3.8, 4) is 0 Å². The van der Waals surface area contributed by atoms with Crippen LogP contribution in [-0.4, -0.2) is 97.9 Å². The van der Waals surface area contributed by atoms with Crippen molar-refractivity contribution >= 4 is 41.9 Å². The first-order valence-corrected chi connectivity index (χ1v) is 13.6. The Morgan fingerprint density at radius 2 is 1.88 bits per heavy atom. The number of nitrogens with zero attached hydrogens (tertiary/aromatic N) is 7. The molecule has 0 spiro atoms. The van der Waals surface area contributed by atoms with E-state index >= 15 is 4.39 Å². The number of anilines is 2. The monoisotopic (exact) mass is 598 g/mol. The quantitative estimate of drug-likeness (QED) is 0.126. The number of H-pyrrole nitrogens is 1. The van der Waals surface area contributed by atoms with Gasteiger partial charge in [0.05, 0.1) is 32.0 Å². The van der Waals surface area contributed by atoms with Crippen LogP contribution in [0.2, 0.25) is 0 Å². The number of rotatable bonds is 8. The molecule has 6 rings (SSSR count). The third-order valence-electron chi connectivity index (χ3n) is 6.73. The van der Waals surface area contributed by atoms with Gasteiger partial charge in [0.25, 0.3) is 5.56 Å². The van der Waals surface area contributed by atoms with Gasteiger partial charge in [-0.05, 0) is 0 Å². The third kappa shape index (κ3) is 4.93. The largest absolute Gasteiger partial charge is 0.472 e. The lowest BCUT2D eigenvalue weighted by molar-refractivity contribution is -0.0593. The van der Waals surface area contributed by atoms with Crippen LogP contribution in [-0.2, 0) is 23.1 Å². The number of nitrogens with two attached hydrogens (primary N) is 2. The van der Waals surface area contributed by atoms with Crippen molar-refractivity contribution in [1.82, 2.24) is 39.0 Å². The maximum atomic E-state index is 15.2. The van der Waals surface area contributed by atoms with E-state index < -0.39 is 69.6 Å². The van der Waals surface area contributed by atoms with E-state index in [-0.39, 0.29) is 29.4 Å². The van der Waals surface area contributed by atoms with E-state index in [4.69, 9.17) is 30.0 Å². The number of fused-ring (bicyclic) bond motifs is 2. The Balaban J connectivity index is 1.17. The van der Waals surface area contributed by atoms with Gasteiger partial charge in [-0.3, -0.25) is 28.0 Å². The number of phosphoric acid groups is 1. The second-order valence-corrected chi connectivity index (χ2v) is 10.7. The zero-order chi connectivity index (χ0) is 29.1. The van der Waals surface area contributed by atoms with Gasteiger partial charge in [-0.15, -0.1) is 0 Å². The van der Waals surface area contributed by atoms with Crippen molar-refractivity contribution in [2.75, 3.05) is 24.7 Å². The molecule has 8 N–H and O–H groups in total. The number of aliphatic hydroxyl groups is 2. The number of ether oxygens (including phenoxy) is 2. The van der Waals surface area contributed by atoms with Crippen LogP contribution in [0.3, 0.4) is 0 Å². The Labute approximate surface area is 227 Å². The van der Waals surface area contributed by atoms with Crippen molar-refractivity contribution in [2.45, 2.75) is 49.5 Å². The summed E-state index contributed by atoms with van der Waals surface area (Å²) in [7, 11) is -5.03. The summed E-state index contributed by atoms with van der Waals surface area (Å²) in [5, 5.41) is 20.1. The van der Waals surface area contributed by atoms with Gasteiger partial charge in [-0.1, -0.05) is 0 Å². The van der Waals surface area contributed by atoms with Crippen LogP contribution in [0.1, 0.15) is 18.9 Å². The lowest BCUT2D eigenvalue weighted by Crippen LogP contribution is -2.32. The molecular formula is C20H24FN10O9P. The molecule has 0 bridgehead atoms. The topological polar surface area (TPSA) is 274 Å². The lowest BCUT2D eigenvalue weighted by atomic mass is 10.1. The Hall–Kier alpha value is -3.62. The molecule has 0 radical (unpaired) electrons. The van der Waals surface area contributed by atoms with Crippen LogP contribution < -0.4 is 17.0 Å². The van der Waals surface area contributed by atoms with Gasteiger partial charge in [0.15, 0.2) is 35.0 Å². The molecule has 0 saturated carbocycles. The smallest absolute Gasteiger partial charge is 0.394 e. The van der Waals surface area contributed by atoms with Crippen LogP contribution in [0.4, 0.5) is 16.2 Å². The Morgan fingerprint density at radius 3 is 2.66 bits per heavy atom. The van der Waals surface area contributed by atoms with Gasteiger partial charge in [0, 0.05) is 6.42 Å². The predicted octanol–water partition coefficient (Wildman–Crippen LogP) is -1.50. The highest BCUT2D eigenvalue weighted by Crippen LogP contribution is 2.50. The summed E-state index contributed by atoms with van der Waals surface area (Å²) in [5.41, 5.74) is 11.2. The molecule has 21 heteroatoms. The molecule has 6 heterocycles. The number of hydrogen-bond acceptors (Lipinski definition) is 15. The maximum absolute atomic E-state index is 15.2. The number of hydrogen-bond donors (Lipinski definition) is 6. The summed E-state index contributed by atoms with van der Waals surface area (Å²) in [6.45, 7) is -1.41. The van der Waals surface area contributed by atoms with Crippen molar-refractivity contribution in [2.24, 2.45) is 0 Å². The molecule has 3 unspecified atom stereocenters. The number of aliphatic hydroxyl groups excluding tert-OH is 2. The zero-order valence-electron chi connectivity index (χ0n) is 20.8. The minimum Gasteiger partial charge on any atom is -0.394 e. The van der Waals surface area contributed by atoms with Crippen molar-refractivity contribution in [3.05, 3.63) is 29.3 Å². The number of nitrogens with one attached hydrogen (secondary N) is 1. The second-order valence-electron chi connectivity index (χ2n) is 9.32. The number of halogens is 1. The van der Waals surface area contributed by atoms with Crippen LogP contribution >= 0.6 is 7.82 Å². The first kappa shape index (κ1) is 27.5. The Bertz CT molecular complexity index is 1700. The normalized spacial score (nSPS) is 29.9. The first-order chi connectivity index (χ1) is 19.6. The van der Waals surface area contributed by atoms with Crippen molar-refractivity contribution in [1.29, 1.82) is 0 Å². The summed E-state index contributed by atoms with van der Waals surface area (Å²) in [6, 6.07) is 0. The maximum Gasteiger partial charge on any atom is 0.472 e. The number of phosphoric ester groups is 1.